The first-order chi connectivity index (χ1) is 9.04. The minimum Gasteiger partial charge on any atom is -0.368 e. The molecule has 1 fully saturated rings. The summed E-state index contributed by atoms with van der Waals surface area (Å²) in [5.41, 5.74) is -0.795. The number of ether oxygens (including phenoxy) is 1. The average Bonchev–Trinajstić information content (AvgIpc) is 2.48. The average molecular weight is 337 g/mol. The van der Waals surface area contributed by atoms with E-state index in [-0.39, 0.29) is 12.4 Å². The Morgan fingerprint density at radius 2 is 1.70 bits per heavy atom. The first kappa shape index (κ1) is 18.0. The first-order valence-corrected chi connectivity index (χ1v) is 9.13. The van der Waals surface area contributed by atoms with Gasteiger partial charge in [0.1, 0.15) is 0 Å². The van der Waals surface area contributed by atoms with Gasteiger partial charge in [-0.25, -0.2) is 8.42 Å². The van der Waals surface area contributed by atoms with Crippen LogP contribution in [0.3, 0.4) is 0 Å². The Morgan fingerprint density at radius 1 is 1.20 bits per heavy atom. The Bertz CT molecular complexity index is 401. The molecule has 120 valence electrons. The van der Waals surface area contributed by atoms with E-state index < -0.39 is 26.7 Å². The predicted octanol–water partition coefficient (Wildman–Crippen LogP) is 3.86. The van der Waals surface area contributed by atoms with Crippen molar-refractivity contribution in [3.05, 3.63) is 0 Å². The van der Waals surface area contributed by atoms with E-state index in [1.54, 1.807) is 0 Å². The van der Waals surface area contributed by atoms with Gasteiger partial charge < -0.3 is 4.74 Å². The van der Waals surface area contributed by atoms with E-state index in [1.165, 1.54) is 0 Å². The second-order valence-corrected chi connectivity index (χ2v) is 8.37. The van der Waals surface area contributed by atoms with E-state index >= 15 is 0 Å². The maximum absolute atomic E-state index is 12.5. The molecule has 3 nitrogen and oxygen atoms in total. The van der Waals surface area contributed by atoms with Gasteiger partial charge in [-0.05, 0) is 19.8 Å². The molecule has 0 radical (unpaired) electrons. The smallest absolute Gasteiger partial charge is 0.368 e. The molecule has 8 heteroatoms. The summed E-state index contributed by atoms with van der Waals surface area (Å²) in [6.45, 7) is 0.708. The van der Waals surface area contributed by atoms with Crippen LogP contribution in [-0.2, 0) is 13.8 Å². The van der Waals surface area contributed by atoms with Crippen molar-refractivity contribution in [2.24, 2.45) is 5.41 Å². The Labute approximate surface area is 122 Å². The standard InChI is InChI=1S/C12H20ClF3O3S/c1-10(12(14,15)16)19-8-11(9-20(13,17)18)6-4-2-3-5-7-11/h10H,2-9H2,1H3. The Morgan fingerprint density at radius 3 is 2.10 bits per heavy atom. The lowest BCUT2D eigenvalue weighted by Gasteiger charge is -2.32. The van der Waals surface area contributed by atoms with Crippen LogP contribution in [0.2, 0.25) is 0 Å². The van der Waals surface area contributed by atoms with Crippen molar-refractivity contribution in [2.45, 2.75) is 57.7 Å². The first-order valence-electron chi connectivity index (χ1n) is 6.65. The molecule has 1 atom stereocenters. The molecule has 0 heterocycles. The molecule has 1 rings (SSSR count). The quantitative estimate of drug-likeness (QED) is 0.565. The Balaban J connectivity index is 2.77. The second kappa shape index (κ2) is 6.83. The van der Waals surface area contributed by atoms with Gasteiger partial charge in [-0.3, -0.25) is 0 Å². The fourth-order valence-corrected chi connectivity index (χ4v) is 4.37. The molecule has 0 N–H and O–H groups in total. The third-order valence-electron chi connectivity index (χ3n) is 3.74. The summed E-state index contributed by atoms with van der Waals surface area (Å²) in [6.07, 6.45) is -1.79. The van der Waals surface area contributed by atoms with Gasteiger partial charge in [0.2, 0.25) is 9.05 Å². The monoisotopic (exact) mass is 336 g/mol. The van der Waals surface area contributed by atoms with Crippen LogP contribution in [0.1, 0.15) is 45.4 Å². The van der Waals surface area contributed by atoms with Crippen molar-refractivity contribution >= 4 is 19.7 Å². The van der Waals surface area contributed by atoms with Crippen LogP contribution in [0.5, 0.6) is 0 Å². The molecular formula is C12H20ClF3O3S. The zero-order valence-electron chi connectivity index (χ0n) is 11.4. The van der Waals surface area contributed by atoms with Crippen molar-refractivity contribution in [1.82, 2.24) is 0 Å². The second-order valence-electron chi connectivity index (χ2n) is 5.59. The zero-order chi connectivity index (χ0) is 15.4. The molecule has 0 aromatic heterocycles. The molecule has 0 amide bonds. The Kier molecular flexibility index (Phi) is 6.16. The fourth-order valence-electron chi connectivity index (χ4n) is 2.57. The third-order valence-corrected chi connectivity index (χ3v) is 5.03. The van der Waals surface area contributed by atoms with Gasteiger partial charge in [0.15, 0.2) is 6.10 Å². The number of rotatable bonds is 5. The predicted molar refractivity (Wildman–Crippen MR) is 71.2 cm³/mol. The number of hydrogen-bond acceptors (Lipinski definition) is 3. The van der Waals surface area contributed by atoms with E-state index in [1.807, 2.05) is 0 Å². The molecule has 0 saturated heterocycles. The Hall–Kier alpha value is -0.0100. The minimum absolute atomic E-state index is 0.223. The molecular weight excluding hydrogens is 317 g/mol. The minimum atomic E-state index is -4.44. The summed E-state index contributed by atoms with van der Waals surface area (Å²) < 4.78 is 65.0. The highest BCUT2D eigenvalue weighted by Gasteiger charge is 2.41. The van der Waals surface area contributed by atoms with Crippen LogP contribution in [0.4, 0.5) is 13.2 Å². The molecule has 1 saturated carbocycles. The van der Waals surface area contributed by atoms with Crippen molar-refractivity contribution in [1.29, 1.82) is 0 Å². The SMILES string of the molecule is CC(OCC1(CS(=O)(=O)Cl)CCCCCC1)C(F)(F)F. The van der Waals surface area contributed by atoms with Gasteiger partial charge in [-0.1, -0.05) is 25.7 Å². The van der Waals surface area contributed by atoms with Crippen LogP contribution in [0.25, 0.3) is 0 Å². The molecule has 20 heavy (non-hydrogen) atoms. The summed E-state index contributed by atoms with van der Waals surface area (Å²) in [6, 6.07) is 0. The van der Waals surface area contributed by atoms with Gasteiger partial charge in [-0.15, -0.1) is 0 Å². The van der Waals surface area contributed by atoms with Crippen LogP contribution in [0.15, 0.2) is 0 Å². The number of alkyl halides is 3. The van der Waals surface area contributed by atoms with Gasteiger partial charge in [0.25, 0.3) is 0 Å². The molecule has 1 aliphatic rings. The highest BCUT2D eigenvalue weighted by molar-refractivity contribution is 8.13. The van der Waals surface area contributed by atoms with Gasteiger partial charge in [0, 0.05) is 16.1 Å². The van der Waals surface area contributed by atoms with Crippen molar-refractivity contribution < 1.29 is 26.3 Å². The normalized spacial score (nSPS) is 22.2. The van der Waals surface area contributed by atoms with Crippen LogP contribution >= 0.6 is 10.7 Å². The lowest BCUT2D eigenvalue weighted by Crippen LogP contribution is -2.38. The van der Waals surface area contributed by atoms with Crippen LogP contribution in [-0.4, -0.2) is 33.1 Å². The largest absolute Gasteiger partial charge is 0.414 e. The fraction of sp³-hybridized carbons (Fsp3) is 1.00. The van der Waals surface area contributed by atoms with Gasteiger partial charge in [0.05, 0.1) is 12.4 Å². The molecule has 1 unspecified atom stereocenters. The maximum atomic E-state index is 12.5. The maximum Gasteiger partial charge on any atom is 0.414 e. The lowest BCUT2D eigenvalue weighted by atomic mass is 9.83. The summed E-state index contributed by atoms with van der Waals surface area (Å²) in [4.78, 5) is 0. The summed E-state index contributed by atoms with van der Waals surface area (Å²) in [5.74, 6) is -0.327. The molecule has 0 aromatic carbocycles. The van der Waals surface area contributed by atoms with E-state index in [0.717, 1.165) is 32.6 Å². The van der Waals surface area contributed by atoms with Gasteiger partial charge >= 0.3 is 6.18 Å². The highest BCUT2D eigenvalue weighted by Crippen LogP contribution is 2.38. The molecule has 0 bridgehead atoms. The molecule has 0 aromatic rings. The third kappa shape index (κ3) is 6.18. The summed E-state index contributed by atoms with van der Waals surface area (Å²) >= 11 is 0. The van der Waals surface area contributed by atoms with Crippen molar-refractivity contribution in [3.8, 4) is 0 Å². The van der Waals surface area contributed by atoms with E-state index in [4.69, 9.17) is 15.4 Å². The van der Waals surface area contributed by atoms with Crippen LogP contribution in [0, 0.1) is 5.41 Å². The van der Waals surface area contributed by atoms with E-state index in [0.29, 0.717) is 12.8 Å². The topological polar surface area (TPSA) is 43.4 Å². The molecule has 0 spiro atoms. The van der Waals surface area contributed by atoms with E-state index in [2.05, 4.69) is 0 Å². The van der Waals surface area contributed by atoms with E-state index in [9.17, 15) is 21.6 Å². The lowest BCUT2D eigenvalue weighted by molar-refractivity contribution is -0.221. The number of hydrogen-bond donors (Lipinski definition) is 0. The van der Waals surface area contributed by atoms with Crippen molar-refractivity contribution in [2.75, 3.05) is 12.4 Å². The number of halogens is 4. The van der Waals surface area contributed by atoms with Crippen LogP contribution < -0.4 is 0 Å². The van der Waals surface area contributed by atoms with Gasteiger partial charge in [-0.2, -0.15) is 13.2 Å². The zero-order valence-corrected chi connectivity index (χ0v) is 13.0. The highest BCUT2D eigenvalue weighted by atomic mass is 35.7. The summed E-state index contributed by atoms with van der Waals surface area (Å²) in [7, 11) is 1.54. The molecule has 0 aliphatic heterocycles. The van der Waals surface area contributed by atoms with Crippen molar-refractivity contribution in [3.63, 3.8) is 0 Å². The summed E-state index contributed by atoms with van der Waals surface area (Å²) in [5, 5.41) is 0. The molecule has 1 aliphatic carbocycles.